The number of nitrogens with zero attached hydrogens (tertiary/aromatic N) is 2. The largest absolute Gasteiger partial charge is 0.507 e. The molecule has 2 atom stereocenters. The zero-order chi connectivity index (χ0) is 25.7. The van der Waals surface area contributed by atoms with Gasteiger partial charge in [-0.15, -0.1) is 11.8 Å². The number of pyridine rings is 1. The number of thioether (sulfide) groups is 1. The number of hydrogen-bond donors (Lipinski definition) is 1. The smallest absolute Gasteiger partial charge is 0.248 e. The molecule has 0 saturated carbocycles. The maximum Gasteiger partial charge on any atom is 0.248 e. The molecule has 0 aliphatic rings. The van der Waals surface area contributed by atoms with E-state index in [4.69, 9.17) is 4.74 Å². The SMILES string of the molecule is C[C@H](Sc1cc(C(C)(C)C)c(O)c(C(C)(C)C)c1)[C@@H](C)OCC(=O)N(C)CCc1ccccn1. The van der Waals surface area contributed by atoms with E-state index >= 15 is 0 Å². The molecule has 188 valence electrons. The quantitative estimate of drug-likeness (QED) is 0.443. The van der Waals surface area contributed by atoms with Gasteiger partial charge in [0.25, 0.3) is 0 Å². The van der Waals surface area contributed by atoms with Crippen LogP contribution in [0, 0.1) is 0 Å². The Labute approximate surface area is 210 Å². The van der Waals surface area contributed by atoms with E-state index in [0.29, 0.717) is 12.3 Å². The number of hydrogen-bond acceptors (Lipinski definition) is 5. The second-order valence-corrected chi connectivity index (χ2v) is 12.5. The summed E-state index contributed by atoms with van der Waals surface area (Å²) < 4.78 is 5.95. The fraction of sp³-hybridized carbons (Fsp3) is 0.571. The van der Waals surface area contributed by atoms with Gasteiger partial charge in [-0.1, -0.05) is 54.5 Å². The summed E-state index contributed by atoms with van der Waals surface area (Å²) >= 11 is 1.72. The summed E-state index contributed by atoms with van der Waals surface area (Å²) in [5.74, 6) is 0.357. The minimum Gasteiger partial charge on any atom is -0.507 e. The summed E-state index contributed by atoms with van der Waals surface area (Å²) in [5.41, 5.74) is 2.54. The molecular weight excluding hydrogens is 444 g/mol. The third-order valence-electron chi connectivity index (χ3n) is 6.01. The molecule has 0 unspecified atom stereocenters. The van der Waals surface area contributed by atoms with Crippen LogP contribution in [0.1, 0.15) is 72.2 Å². The first kappa shape index (κ1) is 28.2. The minimum absolute atomic E-state index is 0.0327. The average molecular weight is 487 g/mol. The second kappa shape index (κ2) is 11.6. The van der Waals surface area contributed by atoms with Crippen LogP contribution in [0.5, 0.6) is 5.75 Å². The van der Waals surface area contributed by atoms with Crippen LogP contribution in [0.25, 0.3) is 0 Å². The molecule has 0 aliphatic carbocycles. The number of rotatable bonds is 9. The lowest BCUT2D eigenvalue weighted by Crippen LogP contribution is -2.34. The summed E-state index contributed by atoms with van der Waals surface area (Å²) in [6.07, 6.45) is 2.38. The molecule has 1 heterocycles. The number of likely N-dealkylation sites (N-methyl/N-ethyl adjacent to an activating group) is 1. The van der Waals surface area contributed by atoms with Gasteiger partial charge in [0.1, 0.15) is 12.4 Å². The topological polar surface area (TPSA) is 62.7 Å². The summed E-state index contributed by atoms with van der Waals surface area (Å²) in [4.78, 5) is 19.7. The van der Waals surface area contributed by atoms with Crippen LogP contribution in [0.2, 0.25) is 0 Å². The molecule has 0 fully saturated rings. The van der Waals surface area contributed by atoms with Crippen LogP contribution < -0.4 is 0 Å². The Morgan fingerprint density at radius 1 is 1.09 bits per heavy atom. The van der Waals surface area contributed by atoms with Crippen molar-refractivity contribution in [3.8, 4) is 5.75 Å². The minimum atomic E-state index is -0.168. The Morgan fingerprint density at radius 3 is 2.18 bits per heavy atom. The first-order valence-electron chi connectivity index (χ1n) is 12.0. The van der Waals surface area contributed by atoms with Gasteiger partial charge in [0.2, 0.25) is 5.91 Å². The average Bonchev–Trinajstić information content (AvgIpc) is 2.75. The van der Waals surface area contributed by atoms with Crippen molar-refractivity contribution in [2.45, 2.75) is 88.9 Å². The molecular formula is C28H42N2O3S. The molecule has 0 saturated heterocycles. The number of aromatic nitrogens is 1. The Kier molecular flexibility index (Phi) is 9.61. The molecule has 5 nitrogen and oxygen atoms in total. The number of carbonyl (C=O) groups is 1. The highest BCUT2D eigenvalue weighted by atomic mass is 32.2. The Bertz CT molecular complexity index is 913. The van der Waals surface area contributed by atoms with Crippen molar-refractivity contribution in [2.75, 3.05) is 20.2 Å². The van der Waals surface area contributed by atoms with Gasteiger partial charge in [-0.25, -0.2) is 0 Å². The molecule has 0 radical (unpaired) electrons. The Morgan fingerprint density at radius 2 is 1.68 bits per heavy atom. The highest BCUT2D eigenvalue weighted by Crippen LogP contribution is 2.42. The van der Waals surface area contributed by atoms with E-state index in [0.717, 1.165) is 28.1 Å². The van der Waals surface area contributed by atoms with Crippen molar-refractivity contribution in [1.82, 2.24) is 9.88 Å². The van der Waals surface area contributed by atoms with Gasteiger partial charge in [0.05, 0.1) is 6.10 Å². The summed E-state index contributed by atoms with van der Waals surface area (Å²) in [6.45, 7) is 17.5. The fourth-order valence-electron chi connectivity index (χ4n) is 3.53. The zero-order valence-corrected chi connectivity index (χ0v) is 23.1. The van der Waals surface area contributed by atoms with Crippen molar-refractivity contribution in [3.63, 3.8) is 0 Å². The van der Waals surface area contributed by atoms with E-state index in [1.165, 1.54) is 0 Å². The standard InChI is InChI=1S/C28H42N2O3S/c1-19(33-18-25(31)30(9)15-13-21-12-10-11-14-29-21)20(2)34-22-16-23(27(3,4)5)26(32)24(17-22)28(6,7)8/h10-12,14,16-17,19-20,32H,13,15,18H2,1-9H3/t19-,20+/m1/s1. The normalized spacial score (nSPS) is 14.0. The predicted octanol–water partition coefficient (Wildman–Crippen LogP) is 5.97. The van der Waals surface area contributed by atoms with Crippen LogP contribution in [0.15, 0.2) is 41.4 Å². The van der Waals surface area contributed by atoms with E-state index in [-0.39, 0.29) is 34.7 Å². The first-order valence-corrected chi connectivity index (χ1v) is 12.9. The molecule has 2 aromatic rings. The monoisotopic (exact) mass is 486 g/mol. The Hall–Kier alpha value is -2.05. The molecule has 1 N–H and O–H groups in total. The third kappa shape index (κ3) is 8.02. The van der Waals surface area contributed by atoms with E-state index in [2.05, 4.69) is 65.6 Å². The van der Waals surface area contributed by atoms with Crippen LogP contribution >= 0.6 is 11.8 Å². The molecule has 6 heteroatoms. The highest BCUT2D eigenvalue weighted by molar-refractivity contribution is 8.00. The Balaban J connectivity index is 1.99. The number of phenols is 1. The van der Waals surface area contributed by atoms with Crippen molar-refractivity contribution >= 4 is 17.7 Å². The van der Waals surface area contributed by atoms with Gasteiger partial charge in [0, 0.05) is 53.2 Å². The van der Waals surface area contributed by atoms with E-state index < -0.39 is 0 Å². The fourth-order valence-corrected chi connectivity index (χ4v) is 4.60. The number of benzene rings is 1. The van der Waals surface area contributed by atoms with Crippen molar-refractivity contribution in [3.05, 3.63) is 53.3 Å². The van der Waals surface area contributed by atoms with Crippen molar-refractivity contribution < 1.29 is 14.6 Å². The maximum absolute atomic E-state index is 12.5. The number of ether oxygens (including phenoxy) is 1. The molecule has 1 aromatic heterocycles. The molecule has 34 heavy (non-hydrogen) atoms. The number of amides is 1. The lowest BCUT2D eigenvalue weighted by atomic mass is 9.79. The van der Waals surface area contributed by atoms with E-state index in [1.54, 1.807) is 29.9 Å². The van der Waals surface area contributed by atoms with Crippen molar-refractivity contribution in [2.24, 2.45) is 0 Å². The van der Waals surface area contributed by atoms with Gasteiger partial charge < -0.3 is 14.7 Å². The van der Waals surface area contributed by atoms with Gasteiger partial charge in [-0.05, 0) is 42.0 Å². The number of phenolic OH excluding ortho intramolecular Hbond substituents is 1. The van der Waals surface area contributed by atoms with Gasteiger partial charge in [-0.2, -0.15) is 0 Å². The first-order chi connectivity index (χ1) is 15.7. The lowest BCUT2D eigenvalue weighted by Gasteiger charge is -2.29. The number of aromatic hydroxyl groups is 1. The zero-order valence-electron chi connectivity index (χ0n) is 22.3. The summed E-state index contributed by atoms with van der Waals surface area (Å²) in [5, 5.41) is 11.1. The van der Waals surface area contributed by atoms with Gasteiger partial charge in [-0.3, -0.25) is 9.78 Å². The highest BCUT2D eigenvalue weighted by Gasteiger charge is 2.27. The molecule has 1 amide bonds. The molecule has 0 spiro atoms. The van der Waals surface area contributed by atoms with E-state index in [9.17, 15) is 9.90 Å². The second-order valence-electron chi connectivity index (χ2n) is 11.1. The molecule has 1 aromatic carbocycles. The lowest BCUT2D eigenvalue weighted by molar-refractivity contribution is -0.136. The van der Waals surface area contributed by atoms with Crippen LogP contribution in [0.4, 0.5) is 0 Å². The molecule has 0 aliphatic heterocycles. The van der Waals surface area contributed by atoms with Gasteiger partial charge >= 0.3 is 0 Å². The van der Waals surface area contributed by atoms with Crippen LogP contribution in [-0.2, 0) is 26.8 Å². The van der Waals surface area contributed by atoms with E-state index in [1.807, 2.05) is 25.1 Å². The molecule has 2 rings (SSSR count). The van der Waals surface area contributed by atoms with Crippen LogP contribution in [0.3, 0.4) is 0 Å². The maximum atomic E-state index is 12.5. The van der Waals surface area contributed by atoms with Crippen molar-refractivity contribution in [1.29, 1.82) is 0 Å². The predicted molar refractivity (Wildman–Crippen MR) is 142 cm³/mol. The van der Waals surface area contributed by atoms with Crippen LogP contribution in [-0.4, -0.2) is 52.5 Å². The molecule has 0 bridgehead atoms. The third-order valence-corrected chi connectivity index (χ3v) is 7.27. The summed E-state index contributed by atoms with van der Waals surface area (Å²) in [6, 6.07) is 10.00. The van der Waals surface area contributed by atoms with Gasteiger partial charge in [0.15, 0.2) is 0 Å². The summed E-state index contributed by atoms with van der Waals surface area (Å²) in [7, 11) is 1.80. The number of carbonyl (C=O) groups excluding carboxylic acids is 1.